The van der Waals surface area contributed by atoms with Crippen LogP contribution >= 0.6 is 0 Å². The lowest BCUT2D eigenvalue weighted by Gasteiger charge is -2.20. The monoisotopic (exact) mass is 536 g/mol. The molecule has 0 aliphatic carbocycles. The molecular formula is C29H42F2N2O3S. The van der Waals surface area contributed by atoms with Crippen molar-refractivity contribution in [3.63, 3.8) is 0 Å². The van der Waals surface area contributed by atoms with Gasteiger partial charge in [-0.25, -0.2) is 17.2 Å². The molecule has 1 amide bonds. The normalized spacial score (nSPS) is 12.6. The Hall–Kier alpha value is -2.32. The van der Waals surface area contributed by atoms with Crippen molar-refractivity contribution in [3.8, 4) is 0 Å². The van der Waals surface area contributed by atoms with Crippen LogP contribution in [-0.4, -0.2) is 37.9 Å². The zero-order valence-electron chi connectivity index (χ0n) is 22.4. The topological polar surface area (TPSA) is 75.3 Å². The number of benzene rings is 2. The molecule has 2 rings (SSSR count). The molecule has 1 atom stereocenters. The first kappa shape index (κ1) is 30.9. The fourth-order valence-electron chi connectivity index (χ4n) is 4.56. The molecule has 2 N–H and O–H groups in total. The number of hydrogen-bond donors (Lipinski definition) is 2. The van der Waals surface area contributed by atoms with E-state index in [1.807, 2.05) is 26.0 Å². The van der Waals surface area contributed by atoms with Gasteiger partial charge in [-0.1, -0.05) is 57.9 Å². The number of sulfone groups is 1. The van der Waals surface area contributed by atoms with Crippen LogP contribution in [0.4, 0.5) is 8.78 Å². The molecule has 0 radical (unpaired) electrons. The van der Waals surface area contributed by atoms with Crippen LogP contribution in [0.2, 0.25) is 0 Å². The summed E-state index contributed by atoms with van der Waals surface area (Å²) in [5.41, 5.74) is 2.86. The van der Waals surface area contributed by atoms with Gasteiger partial charge in [-0.3, -0.25) is 4.79 Å². The Morgan fingerprint density at radius 1 is 0.892 bits per heavy atom. The van der Waals surface area contributed by atoms with Crippen LogP contribution in [0.15, 0.2) is 42.5 Å². The summed E-state index contributed by atoms with van der Waals surface area (Å²) in [4.78, 5) is 12.7. The van der Waals surface area contributed by atoms with Crippen LogP contribution in [0.5, 0.6) is 0 Å². The van der Waals surface area contributed by atoms with E-state index in [9.17, 15) is 22.0 Å². The SMILES string of the molecule is CCCC(CCC)S(=O)(=O)CCC(=O)N[C@H](CCNCc1cccc(CC)c1)Cc1cc(F)cc(F)c1. The van der Waals surface area contributed by atoms with Gasteiger partial charge in [-0.05, 0) is 67.5 Å². The Morgan fingerprint density at radius 3 is 2.16 bits per heavy atom. The molecule has 0 saturated heterocycles. The van der Waals surface area contributed by atoms with Crippen LogP contribution in [0.3, 0.4) is 0 Å². The van der Waals surface area contributed by atoms with E-state index < -0.39 is 32.8 Å². The van der Waals surface area contributed by atoms with Crippen molar-refractivity contribution in [2.75, 3.05) is 12.3 Å². The van der Waals surface area contributed by atoms with Gasteiger partial charge in [0.25, 0.3) is 0 Å². The molecule has 0 bridgehead atoms. The van der Waals surface area contributed by atoms with Crippen molar-refractivity contribution in [3.05, 3.63) is 70.8 Å². The summed E-state index contributed by atoms with van der Waals surface area (Å²) < 4.78 is 53.1. The molecule has 0 unspecified atom stereocenters. The minimum atomic E-state index is -3.38. The quantitative estimate of drug-likeness (QED) is 0.262. The van der Waals surface area contributed by atoms with Gasteiger partial charge in [0.1, 0.15) is 11.6 Å². The molecule has 0 fully saturated rings. The van der Waals surface area contributed by atoms with Crippen molar-refractivity contribution in [1.29, 1.82) is 0 Å². The minimum absolute atomic E-state index is 0.127. The molecule has 2 aromatic carbocycles. The second kappa shape index (κ2) is 15.8. The molecule has 0 saturated carbocycles. The zero-order chi connectivity index (χ0) is 27.3. The number of nitrogens with one attached hydrogen (secondary N) is 2. The second-order valence-electron chi connectivity index (χ2n) is 9.70. The summed E-state index contributed by atoms with van der Waals surface area (Å²) in [6.45, 7) is 7.26. The first-order valence-electron chi connectivity index (χ1n) is 13.4. The van der Waals surface area contributed by atoms with E-state index >= 15 is 0 Å². The second-order valence-corrected chi connectivity index (χ2v) is 12.1. The minimum Gasteiger partial charge on any atom is -0.353 e. The van der Waals surface area contributed by atoms with Crippen molar-refractivity contribution < 1.29 is 22.0 Å². The predicted molar refractivity (Wildman–Crippen MR) is 146 cm³/mol. The van der Waals surface area contributed by atoms with Crippen LogP contribution in [-0.2, 0) is 34.0 Å². The molecule has 0 aliphatic heterocycles. The first-order chi connectivity index (χ1) is 17.7. The number of hydrogen-bond acceptors (Lipinski definition) is 4. The number of carbonyl (C=O) groups excluding carboxylic acids is 1. The standard InChI is InChI=1S/C29H42F2N2O3S/c1-4-8-28(9-5-2)37(35,36)15-13-29(34)33-27(19-24-17-25(30)20-26(31)18-24)12-14-32-21-23-11-7-10-22(6-3)16-23/h7,10-11,16-18,20,27-28,32H,4-6,8-9,12-15,19,21H2,1-3H3,(H,33,34)/t27-/m1/s1. The Morgan fingerprint density at radius 2 is 1.54 bits per heavy atom. The van der Waals surface area contributed by atoms with Gasteiger partial charge in [0.2, 0.25) is 5.91 Å². The number of amides is 1. The van der Waals surface area contributed by atoms with Gasteiger partial charge in [-0.15, -0.1) is 0 Å². The van der Waals surface area contributed by atoms with Crippen molar-refractivity contribution in [2.24, 2.45) is 0 Å². The third-order valence-electron chi connectivity index (χ3n) is 6.51. The van der Waals surface area contributed by atoms with E-state index in [-0.39, 0.29) is 24.5 Å². The first-order valence-corrected chi connectivity index (χ1v) is 15.1. The van der Waals surface area contributed by atoms with Gasteiger partial charge in [0.05, 0.1) is 11.0 Å². The number of halogens is 2. The van der Waals surface area contributed by atoms with E-state index in [0.29, 0.717) is 37.9 Å². The van der Waals surface area contributed by atoms with E-state index in [1.165, 1.54) is 17.7 Å². The Bertz CT molecular complexity index is 1070. The highest BCUT2D eigenvalue weighted by Gasteiger charge is 2.25. The summed E-state index contributed by atoms with van der Waals surface area (Å²) in [5, 5.41) is 5.86. The zero-order valence-corrected chi connectivity index (χ0v) is 23.2. The summed E-state index contributed by atoms with van der Waals surface area (Å²) in [7, 11) is -3.38. The summed E-state index contributed by atoms with van der Waals surface area (Å²) in [6.07, 6.45) is 4.34. The molecule has 5 nitrogen and oxygen atoms in total. The van der Waals surface area contributed by atoms with Gasteiger partial charge in [-0.2, -0.15) is 0 Å². The summed E-state index contributed by atoms with van der Waals surface area (Å²) in [6, 6.07) is 11.2. The van der Waals surface area contributed by atoms with Crippen LogP contribution in [0, 0.1) is 11.6 Å². The third kappa shape index (κ3) is 11.3. The summed E-state index contributed by atoms with van der Waals surface area (Å²) >= 11 is 0. The average molecular weight is 537 g/mol. The highest BCUT2D eigenvalue weighted by molar-refractivity contribution is 7.92. The fourth-order valence-corrected chi connectivity index (χ4v) is 6.55. The average Bonchev–Trinajstić information content (AvgIpc) is 2.85. The van der Waals surface area contributed by atoms with E-state index in [2.05, 4.69) is 29.7 Å². The molecular weight excluding hydrogens is 494 g/mol. The Kier molecular flexibility index (Phi) is 13.2. The number of aryl methyl sites for hydroxylation is 1. The Balaban J connectivity index is 1.99. The van der Waals surface area contributed by atoms with E-state index in [4.69, 9.17) is 0 Å². The fraction of sp³-hybridized carbons (Fsp3) is 0.552. The molecule has 37 heavy (non-hydrogen) atoms. The van der Waals surface area contributed by atoms with Gasteiger partial charge >= 0.3 is 0 Å². The largest absolute Gasteiger partial charge is 0.353 e. The van der Waals surface area contributed by atoms with E-state index in [1.54, 1.807) is 0 Å². The van der Waals surface area contributed by atoms with Crippen LogP contribution < -0.4 is 10.6 Å². The lowest BCUT2D eigenvalue weighted by molar-refractivity contribution is -0.121. The lowest BCUT2D eigenvalue weighted by Crippen LogP contribution is -2.39. The smallest absolute Gasteiger partial charge is 0.221 e. The van der Waals surface area contributed by atoms with Crippen molar-refractivity contribution in [2.45, 2.75) is 90.0 Å². The van der Waals surface area contributed by atoms with Crippen molar-refractivity contribution in [1.82, 2.24) is 10.6 Å². The van der Waals surface area contributed by atoms with Gasteiger partial charge < -0.3 is 10.6 Å². The maximum absolute atomic E-state index is 13.7. The Labute approximate surface area is 221 Å². The molecule has 0 spiro atoms. The number of carbonyl (C=O) groups is 1. The highest BCUT2D eigenvalue weighted by atomic mass is 32.2. The summed E-state index contributed by atoms with van der Waals surface area (Å²) in [5.74, 6) is -1.90. The third-order valence-corrected chi connectivity index (χ3v) is 8.77. The maximum Gasteiger partial charge on any atom is 0.221 e. The lowest BCUT2D eigenvalue weighted by atomic mass is 10.0. The van der Waals surface area contributed by atoms with Crippen LogP contribution in [0.25, 0.3) is 0 Å². The highest BCUT2D eigenvalue weighted by Crippen LogP contribution is 2.17. The number of rotatable bonds is 17. The van der Waals surface area contributed by atoms with Gasteiger partial charge in [0, 0.05) is 25.1 Å². The molecule has 0 heterocycles. The predicted octanol–water partition coefficient (Wildman–Crippen LogP) is 5.51. The molecule has 0 aliphatic rings. The van der Waals surface area contributed by atoms with Crippen molar-refractivity contribution >= 4 is 15.7 Å². The van der Waals surface area contributed by atoms with Gasteiger partial charge in [0.15, 0.2) is 9.84 Å². The maximum atomic E-state index is 13.7. The molecule has 0 aromatic heterocycles. The van der Waals surface area contributed by atoms with E-state index in [0.717, 1.165) is 30.9 Å². The van der Waals surface area contributed by atoms with Crippen LogP contribution in [0.1, 0.15) is 76.0 Å². The molecule has 2 aromatic rings. The molecule has 8 heteroatoms. The molecule has 206 valence electrons.